The van der Waals surface area contributed by atoms with Crippen molar-refractivity contribution in [1.29, 1.82) is 0 Å². The number of hydrogen-bond donors (Lipinski definition) is 3. The molecule has 12 nitrogen and oxygen atoms in total. The summed E-state index contributed by atoms with van der Waals surface area (Å²) in [7, 11) is -2.19. The summed E-state index contributed by atoms with van der Waals surface area (Å²) in [5.74, 6) is 0.590. The van der Waals surface area contributed by atoms with Crippen LogP contribution in [0.1, 0.15) is 38.8 Å². The fraction of sp³-hybridized carbons (Fsp3) is 0.478. The molecule has 1 amide bonds. The van der Waals surface area contributed by atoms with E-state index in [1.54, 1.807) is 13.1 Å². The van der Waals surface area contributed by atoms with Crippen LogP contribution >= 0.6 is 0 Å². The standard InChI is InChI=1S/C23H30N6O6S/c1-4-6-17-19-20(28(3)27-17)22(30)26-21(25-19)16-13-15(7-8-18(16)35-5-2)36(33,34)29-11-9-14(10-12-29)24-23(31)32/h7-8,13-14,24H,4-6,9-12H2,1-3H3,(H,31,32)(H,25,26,30). The molecule has 0 bridgehead atoms. The Labute approximate surface area is 208 Å². The van der Waals surface area contributed by atoms with Crippen LogP contribution in [0.5, 0.6) is 5.75 Å². The van der Waals surface area contributed by atoms with Crippen molar-refractivity contribution in [3.8, 4) is 17.1 Å². The number of hydrogen-bond acceptors (Lipinski definition) is 7. The fourth-order valence-corrected chi connectivity index (χ4v) is 5.98. The van der Waals surface area contributed by atoms with E-state index in [2.05, 4.69) is 20.4 Å². The summed E-state index contributed by atoms with van der Waals surface area (Å²) in [5, 5.41) is 15.8. The van der Waals surface area contributed by atoms with Crippen LogP contribution in [-0.2, 0) is 23.5 Å². The second-order valence-electron chi connectivity index (χ2n) is 8.65. The minimum absolute atomic E-state index is 0.0355. The van der Waals surface area contributed by atoms with Crippen molar-refractivity contribution in [1.82, 2.24) is 29.4 Å². The number of sulfonamides is 1. The number of nitrogens with one attached hydrogen (secondary N) is 2. The first kappa shape index (κ1) is 25.6. The Kier molecular flexibility index (Phi) is 7.31. The predicted octanol–water partition coefficient (Wildman–Crippen LogP) is 2.10. The van der Waals surface area contributed by atoms with Crippen molar-refractivity contribution in [2.75, 3.05) is 19.7 Å². The van der Waals surface area contributed by atoms with Gasteiger partial charge in [0.05, 0.1) is 22.8 Å². The molecule has 13 heteroatoms. The number of carboxylic acid groups (broad SMARTS) is 1. The number of ether oxygens (including phenoxy) is 1. The first-order valence-corrected chi connectivity index (χ1v) is 13.3. The molecule has 1 fully saturated rings. The van der Waals surface area contributed by atoms with Crippen molar-refractivity contribution in [3.05, 3.63) is 34.2 Å². The third-order valence-electron chi connectivity index (χ3n) is 6.17. The lowest BCUT2D eigenvalue weighted by Gasteiger charge is -2.31. The Morgan fingerprint density at radius 1 is 1.28 bits per heavy atom. The largest absolute Gasteiger partial charge is 0.493 e. The van der Waals surface area contributed by atoms with Crippen LogP contribution < -0.4 is 15.6 Å². The van der Waals surface area contributed by atoms with E-state index in [4.69, 9.17) is 9.84 Å². The number of rotatable bonds is 8. The van der Waals surface area contributed by atoms with Gasteiger partial charge in [0.15, 0.2) is 5.52 Å². The Balaban J connectivity index is 1.75. The highest BCUT2D eigenvalue weighted by molar-refractivity contribution is 7.89. The summed E-state index contributed by atoms with van der Waals surface area (Å²) in [6, 6.07) is 4.20. The van der Waals surface area contributed by atoms with Gasteiger partial charge in [-0.1, -0.05) is 13.3 Å². The quantitative estimate of drug-likeness (QED) is 0.409. The highest BCUT2D eigenvalue weighted by Gasteiger charge is 2.31. The molecule has 36 heavy (non-hydrogen) atoms. The zero-order chi connectivity index (χ0) is 26.0. The number of aromatic amines is 1. The monoisotopic (exact) mass is 518 g/mol. The van der Waals surface area contributed by atoms with Gasteiger partial charge in [-0.05, 0) is 44.4 Å². The van der Waals surface area contributed by atoms with Crippen molar-refractivity contribution < 1.29 is 23.1 Å². The molecule has 1 saturated heterocycles. The maximum atomic E-state index is 13.4. The maximum absolute atomic E-state index is 13.4. The predicted molar refractivity (Wildman–Crippen MR) is 133 cm³/mol. The van der Waals surface area contributed by atoms with E-state index in [-0.39, 0.29) is 35.4 Å². The van der Waals surface area contributed by atoms with Crippen LogP contribution in [0.3, 0.4) is 0 Å². The first-order chi connectivity index (χ1) is 17.1. The van der Waals surface area contributed by atoms with Gasteiger partial charge in [-0.15, -0.1) is 0 Å². The number of amides is 1. The Bertz CT molecular complexity index is 1440. The van der Waals surface area contributed by atoms with Crippen molar-refractivity contribution in [2.45, 2.75) is 50.5 Å². The lowest BCUT2D eigenvalue weighted by molar-refractivity contribution is 0.183. The van der Waals surface area contributed by atoms with Crippen LogP contribution in [0.2, 0.25) is 0 Å². The Morgan fingerprint density at radius 2 is 2.00 bits per heavy atom. The van der Waals surface area contributed by atoms with Gasteiger partial charge in [-0.25, -0.2) is 18.2 Å². The van der Waals surface area contributed by atoms with E-state index < -0.39 is 16.1 Å². The normalized spacial score (nSPS) is 15.3. The van der Waals surface area contributed by atoms with Gasteiger partial charge in [0.25, 0.3) is 5.56 Å². The highest BCUT2D eigenvalue weighted by atomic mass is 32.2. The summed E-state index contributed by atoms with van der Waals surface area (Å²) >= 11 is 0. The number of fused-ring (bicyclic) bond motifs is 1. The molecule has 194 valence electrons. The molecule has 1 aromatic carbocycles. The smallest absolute Gasteiger partial charge is 0.404 e. The number of aryl methyl sites for hydroxylation is 2. The zero-order valence-electron chi connectivity index (χ0n) is 20.4. The van der Waals surface area contributed by atoms with E-state index in [1.165, 1.54) is 21.1 Å². The summed E-state index contributed by atoms with van der Waals surface area (Å²) < 4.78 is 35.4. The first-order valence-electron chi connectivity index (χ1n) is 11.9. The van der Waals surface area contributed by atoms with E-state index in [0.717, 1.165) is 6.42 Å². The number of nitrogens with zero attached hydrogens (tertiary/aromatic N) is 4. The molecule has 2 aromatic heterocycles. The van der Waals surface area contributed by atoms with Crippen LogP contribution in [-0.4, -0.2) is 69.4 Å². The van der Waals surface area contributed by atoms with Gasteiger partial charge in [-0.3, -0.25) is 9.48 Å². The highest BCUT2D eigenvalue weighted by Crippen LogP contribution is 2.32. The van der Waals surface area contributed by atoms with E-state index in [0.29, 0.717) is 53.9 Å². The average Bonchev–Trinajstić information content (AvgIpc) is 3.15. The van der Waals surface area contributed by atoms with Gasteiger partial charge in [0.2, 0.25) is 10.0 Å². The molecule has 0 unspecified atom stereocenters. The van der Waals surface area contributed by atoms with Crippen LogP contribution in [0.25, 0.3) is 22.4 Å². The second-order valence-corrected chi connectivity index (χ2v) is 10.6. The lowest BCUT2D eigenvalue weighted by Crippen LogP contribution is -2.46. The molecule has 0 atom stereocenters. The summed E-state index contributed by atoms with van der Waals surface area (Å²) in [6.07, 6.45) is 1.10. The third-order valence-corrected chi connectivity index (χ3v) is 8.07. The number of carbonyl (C=O) groups is 1. The van der Waals surface area contributed by atoms with E-state index in [1.807, 2.05) is 13.8 Å². The van der Waals surface area contributed by atoms with Gasteiger partial charge in [-0.2, -0.15) is 9.40 Å². The molecule has 0 saturated carbocycles. The maximum Gasteiger partial charge on any atom is 0.404 e. The van der Waals surface area contributed by atoms with E-state index in [9.17, 15) is 18.0 Å². The lowest BCUT2D eigenvalue weighted by atomic mass is 10.1. The zero-order valence-corrected chi connectivity index (χ0v) is 21.3. The number of piperidine rings is 1. The minimum Gasteiger partial charge on any atom is -0.493 e. The van der Waals surface area contributed by atoms with Gasteiger partial charge in [0.1, 0.15) is 17.1 Å². The molecule has 3 heterocycles. The van der Waals surface area contributed by atoms with Crippen LogP contribution in [0.4, 0.5) is 4.79 Å². The van der Waals surface area contributed by atoms with E-state index >= 15 is 0 Å². The van der Waals surface area contributed by atoms with Gasteiger partial charge in [0, 0.05) is 26.2 Å². The third kappa shape index (κ3) is 4.93. The summed E-state index contributed by atoms with van der Waals surface area (Å²) in [6.45, 7) is 4.53. The topological polar surface area (TPSA) is 160 Å². The van der Waals surface area contributed by atoms with Crippen LogP contribution in [0.15, 0.2) is 27.9 Å². The molecular weight excluding hydrogens is 488 g/mol. The summed E-state index contributed by atoms with van der Waals surface area (Å²) in [5.41, 5.74) is 1.49. The average molecular weight is 519 g/mol. The van der Waals surface area contributed by atoms with Crippen molar-refractivity contribution in [3.63, 3.8) is 0 Å². The molecule has 0 spiro atoms. The molecule has 0 radical (unpaired) electrons. The van der Waals surface area contributed by atoms with Crippen molar-refractivity contribution >= 4 is 27.1 Å². The van der Waals surface area contributed by atoms with Gasteiger partial charge >= 0.3 is 6.09 Å². The molecule has 1 aliphatic heterocycles. The molecule has 4 rings (SSSR count). The molecule has 3 aromatic rings. The summed E-state index contributed by atoms with van der Waals surface area (Å²) in [4.78, 5) is 31.3. The van der Waals surface area contributed by atoms with Crippen LogP contribution in [0, 0.1) is 0 Å². The molecule has 3 N–H and O–H groups in total. The number of aromatic nitrogens is 4. The fourth-order valence-electron chi connectivity index (χ4n) is 4.48. The number of benzene rings is 1. The number of H-pyrrole nitrogens is 1. The Morgan fingerprint density at radius 3 is 2.64 bits per heavy atom. The molecule has 1 aliphatic rings. The molecule has 0 aliphatic carbocycles. The SMILES string of the molecule is CCCc1nn(C)c2c(=O)[nH]c(-c3cc(S(=O)(=O)N4CCC(NC(=O)O)CC4)ccc3OCC)nc12. The Hall–Kier alpha value is -3.45. The van der Waals surface area contributed by atoms with Crippen molar-refractivity contribution in [2.24, 2.45) is 7.05 Å². The molecular formula is C23H30N6O6S. The second kappa shape index (κ2) is 10.3. The van der Waals surface area contributed by atoms with Gasteiger partial charge < -0.3 is 20.1 Å². The minimum atomic E-state index is -3.88.